The van der Waals surface area contributed by atoms with Crippen LogP contribution in [0, 0.1) is 0 Å². The van der Waals surface area contributed by atoms with E-state index in [1.807, 2.05) is 0 Å². The van der Waals surface area contributed by atoms with Crippen molar-refractivity contribution in [1.29, 1.82) is 0 Å². The minimum Gasteiger partial charge on any atom is -0.275 e. The average molecular weight is 293 g/mol. The van der Waals surface area contributed by atoms with Gasteiger partial charge in [0, 0.05) is 31.1 Å². The number of hydrogen-bond donors (Lipinski definition) is 0. The third kappa shape index (κ3) is 2.48. The van der Waals surface area contributed by atoms with E-state index in [1.54, 1.807) is 4.68 Å². The number of halogens is 2. The van der Waals surface area contributed by atoms with Crippen LogP contribution in [0.2, 0.25) is 0 Å². The van der Waals surface area contributed by atoms with E-state index in [0.29, 0.717) is 24.6 Å². The van der Waals surface area contributed by atoms with Gasteiger partial charge in [-0.05, 0) is 29.0 Å². The number of carbonyl (C=O) groups is 1. The SMILES string of the molecule is CC(F)(F)c1ccc(C(=O)N2CCCn3nnnc32)cc1. The van der Waals surface area contributed by atoms with Gasteiger partial charge in [-0.2, -0.15) is 0 Å². The van der Waals surface area contributed by atoms with Gasteiger partial charge in [0.05, 0.1) is 0 Å². The molecule has 1 aromatic heterocycles. The molecule has 3 rings (SSSR count). The fourth-order valence-corrected chi connectivity index (χ4v) is 2.27. The monoisotopic (exact) mass is 293 g/mol. The third-order valence-corrected chi connectivity index (χ3v) is 3.39. The van der Waals surface area contributed by atoms with Crippen LogP contribution in [0.1, 0.15) is 29.3 Å². The van der Waals surface area contributed by atoms with Crippen molar-refractivity contribution in [3.63, 3.8) is 0 Å². The number of alkyl halides is 2. The molecule has 2 aromatic rings. The first-order chi connectivity index (χ1) is 9.97. The van der Waals surface area contributed by atoms with Gasteiger partial charge < -0.3 is 0 Å². The zero-order valence-corrected chi connectivity index (χ0v) is 11.3. The Morgan fingerprint density at radius 2 is 1.95 bits per heavy atom. The number of aryl methyl sites for hydroxylation is 1. The molecule has 6 nitrogen and oxygen atoms in total. The number of aromatic nitrogens is 4. The molecule has 0 bridgehead atoms. The zero-order chi connectivity index (χ0) is 15.0. The minimum atomic E-state index is -2.92. The van der Waals surface area contributed by atoms with Crippen LogP contribution in [0.15, 0.2) is 24.3 Å². The molecule has 0 saturated heterocycles. The number of anilines is 1. The standard InChI is InChI=1S/C13H13F2N5O/c1-13(14,15)10-5-3-9(4-6-10)11(21)19-7-2-8-20-12(19)16-17-18-20/h3-6H,2,7-8H2,1H3. The topological polar surface area (TPSA) is 63.9 Å². The van der Waals surface area contributed by atoms with E-state index in [4.69, 9.17) is 0 Å². The van der Waals surface area contributed by atoms with Gasteiger partial charge in [-0.15, -0.1) is 0 Å². The highest BCUT2D eigenvalue weighted by molar-refractivity contribution is 6.05. The number of amides is 1. The van der Waals surface area contributed by atoms with Crippen LogP contribution in [-0.2, 0) is 12.5 Å². The Morgan fingerprint density at radius 1 is 1.24 bits per heavy atom. The maximum absolute atomic E-state index is 13.2. The molecule has 1 aliphatic rings. The average Bonchev–Trinajstić information content (AvgIpc) is 2.94. The fourth-order valence-electron chi connectivity index (χ4n) is 2.27. The molecule has 1 aliphatic heterocycles. The van der Waals surface area contributed by atoms with Crippen molar-refractivity contribution >= 4 is 11.9 Å². The lowest BCUT2D eigenvalue weighted by molar-refractivity contribution is 0.0174. The van der Waals surface area contributed by atoms with Gasteiger partial charge in [0.15, 0.2) is 0 Å². The van der Waals surface area contributed by atoms with Crippen molar-refractivity contribution in [2.45, 2.75) is 25.8 Å². The van der Waals surface area contributed by atoms with Gasteiger partial charge in [0.25, 0.3) is 17.8 Å². The molecule has 110 valence electrons. The molecular weight excluding hydrogens is 280 g/mol. The first-order valence-electron chi connectivity index (χ1n) is 6.53. The molecule has 0 atom stereocenters. The summed E-state index contributed by atoms with van der Waals surface area (Å²) < 4.78 is 27.9. The summed E-state index contributed by atoms with van der Waals surface area (Å²) in [6.45, 7) is 1.99. The van der Waals surface area contributed by atoms with Gasteiger partial charge >= 0.3 is 0 Å². The van der Waals surface area contributed by atoms with Gasteiger partial charge in [-0.1, -0.05) is 17.2 Å². The number of carbonyl (C=O) groups excluding carboxylic acids is 1. The van der Waals surface area contributed by atoms with E-state index < -0.39 is 5.92 Å². The third-order valence-electron chi connectivity index (χ3n) is 3.39. The minimum absolute atomic E-state index is 0.123. The predicted octanol–water partition coefficient (Wildman–Crippen LogP) is 1.84. The Hall–Kier alpha value is -2.38. The Morgan fingerprint density at radius 3 is 2.62 bits per heavy atom. The van der Waals surface area contributed by atoms with Crippen LogP contribution in [0.4, 0.5) is 14.7 Å². The first-order valence-corrected chi connectivity index (χ1v) is 6.53. The molecule has 2 heterocycles. The molecular formula is C13H13F2N5O. The van der Waals surface area contributed by atoms with E-state index in [9.17, 15) is 13.6 Å². The quantitative estimate of drug-likeness (QED) is 0.847. The lowest BCUT2D eigenvalue weighted by Gasteiger charge is -2.25. The molecule has 0 aliphatic carbocycles. The van der Waals surface area contributed by atoms with Crippen LogP contribution in [0.3, 0.4) is 0 Å². The Kier molecular flexibility index (Phi) is 3.15. The predicted molar refractivity (Wildman–Crippen MR) is 70.1 cm³/mol. The molecule has 0 saturated carbocycles. The number of benzene rings is 1. The molecule has 1 aromatic carbocycles. The molecule has 8 heteroatoms. The van der Waals surface area contributed by atoms with E-state index in [2.05, 4.69) is 15.5 Å². The zero-order valence-electron chi connectivity index (χ0n) is 11.3. The van der Waals surface area contributed by atoms with E-state index >= 15 is 0 Å². The number of hydrogen-bond acceptors (Lipinski definition) is 4. The second-order valence-electron chi connectivity index (χ2n) is 4.98. The van der Waals surface area contributed by atoms with Crippen molar-refractivity contribution in [3.05, 3.63) is 35.4 Å². The van der Waals surface area contributed by atoms with E-state index in [1.165, 1.54) is 29.2 Å². The highest BCUT2D eigenvalue weighted by Crippen LogP contribution is 2.27. The summed E-state index contributed by atoms with van der Waals surface area (Å²) in [6, 6.07) is 5.33. The normalized spacial score (nSPS) is 14.9. The van der Waals surface area contributed by atoms with Crippen LogP contribution >= 0.6 is 0 Å². The van der Waals surface area contributed by atoms with E-state index in [0.717, 1.165) is 13.3 Å². The molecule has 0 spiro atoms. The van der Waals surface area contributed by atoms with E-state index in [-0.39, 0.29) is 11.5 Å². The summed E-state index contributed by atoms with van der Waals surface area (Å²) in [5.41, 5.74) is 0.210. The number of nitrogens with zero attached hydrogens (tertiary/aromatic N) is 5. The Balaban J connectivity index is 1.87. The molecule has 1 amide bonds. The van der Waals surface area contributed by atoms with Crippen molar-refractivity contribution in [2.75, 3.05) is 11.4 Å². The summed E-state index contributed by atoms with van der Waals surface area (Å²) in [5, 5.41) is 11.2. The van der Waals surface area contributed by atoms with Crippen LogP contribution in [-0.4, -0.2) is 32.7 Å². The largest absolute Gasteiger partial charge is 0.275 e. The summed E-state index contributed by atoms with van der Waals surface area (Å²) in [5.74, 6) is -2.83. The first kappa shape index (κ1) is 13.6. The molecule has 21 heavy (non-hydrogen) atoms. The lowest BCUT2D eigenvalue weighted by Crippen LogP contribution is -2.38. The lowest BCUT2D eigenvalue weighted by atomic mass is 10.1. The Bertz CT molecular complexity index is 662. The highest BCUT2D eigenvalue weighted by atomic mass is 19.3. The maximum Gasteiger partial charge on any atom is 0.270 e. The molecule has 0 N–H and O–H groups in total. The van der Waals surface area contributed by atoms with Gasteiger partial charge in [-0.25, -0.2) is 13.5 Å². The number of fused-ring (bicyclic) bond motifs is 1. The van der Waals surface area contributed by atoms with Crippen molar-refractivity contribution in [2.24, 2.45) is 0 Å². The summed E-state index contributed by atoms with van der Waals surface area (Å²) in [4.78, 5) is 13.9. The summed E-state index contributed by atoms with van der Waals surface area (Å²) in [7, 11) is 0. The van der Waals surface area contributed by atoms with Gasteiger partial charge in [0.1, 0.15) is 0 Å². The van der Waals surface area contributed by atoms with Gasteiger partial charge in [-0.3, -0.25) is 9.69 Å². The van der Waals surface area contributed by atoms with Gasteiger partial charge in [0.2, 0.25) is 0 Å². The molecule has 0 fully saturated rings. The van der Waals surface area contributed by atoms with Crippen LogP contribution in [0.25, 0.3) is 0 Å². The second-order valence-corrected chi connectivity index (χ2v) is 4.98. The Labute approximate surface area is 119 Å². The smallest absolute Gasteiger partial charge is 0.270 e. The number of tetrazole rings is 1. The van der Waals surface area contributed by atoms with Crippen molar-refractivity contribution in [1.82, 2.24) is 20.2 Å². The van der Waals surface area contributed by atoms with Crippen molar-refractivity contribution in [3.8, 4) is 0 Å². The summed E-state index contributed by atoms with van der Waals surface area (Å²) in [6.07, 6.45) is 0.745. The number of rotatable bonds is 2. The fraction of sp³-hybridized carbons (Fsp3) is 0.385. The molecule has 0 radical (unpaired) electrons. The van der Waals surface area contributed by atoms with Crippen LogP contribution in [0.5, 0.6) is 0 Å². The van der Waals surface area contributed by atoms with Crippen molar-refractivity contribution < 1.29 is 13.6 Å². The highest BCUT2D eigenvalue weighted by Gasteiger charge is 2.28. The molecule has 0 unspecified atom stereocenters. The second kappa shape index (κ2) is 4.87. The maximum atomic E-state index is 13.2. The summed E-state index contributed by atoms with van der Waals surface area (Å²) >= 11 is 0. The van der Waals surface area contributed by atoms with Crippen LogP contribution < -0.4 is 4.90 Å².